The molecule has 1 aliphatic rings. The molecule has 1 fully saturated rings. The molecule has 0 spiro atoms. The molecule has 0 saturated heterocycles. The Kier molecular flexibility index (Phi) is 4.83. The predicted molar refractivity (Wildman–Crippen MR) is 79.9 cm³/mol. The number of hydrogen-bond acceptors (Lipinski definition) is 2. The molecule has 0 amide bonds. The highest BCUT2D eigenvalue weighted by atomic mass is 16.5. The molecule has 0 radical (unpaired) electrons. The topological polar surface area (TPSA) is 46.5 Å². The average Bonchev–Trinajstić information content (AvgIpc) is 2.41. The molecule has 0 aliphatic heterocycles. The normalized spacial score (nSPS) is 22.9. The van der Waals surface area contributed by atoms with Gasteiger partial charge in [-0.2, -0.15) is 0 Å². The molecule has 1 N–H and O–H groups in total. The van der Waals surface area contributed by atoms with E-state index in [1.807, 2.05) is 25.1 Å². The van der Waals surface area contributed by atoms with Crippen LogP contribution in [0.25, 0.3) is 6.08 Å². The Morgan fingerprint density at radius 1 is 1.30 bits per heavy atom. The van der Waals surface area contributed by atoms with Crippen molar-refractivity contribution in [2.75, 3.05) is 0 Å². The lowest BCUT2D eigenvalue weighted by Gasteiger charge is -2.27. The number of hydrogen-bond donors (Lipinski definition) is 1. The van der Waals surface area contributed by atoms with E-state index in [-0.39, 0.29) is 6.10 Å². The molecule has 1 saturated carbocycles. The highest BCUT2D eigenvalue weighted by Gasteiger charge is 2.20. The largest absolute Gasteiger partial charge is 0.490 e. The van der Waals surface area contributed by atoms with Crippen molar-refractivity contribution in [1.82, 2.24) is 0 Å². The first-order valence-corrected chi connectivity index (χ1v) is 7.23. The minimum Gasteiger partial charge on any atom is -0.490 e. The SMILES string of the molecule is Cc1ccc(OC2CCC(C)CC2)c(C=CC(=O)O)c1. The van der Waals surface area contributed by atoms with E-state index < -0.39 is 5.97 Å². The van der Waals surface area contributed by atoms with Crippen LogP contribution < -0.4 is 4.74 Å². The maximum absolute atomic E-state index is 10.7. The Morgan fingerprint density at radius 3 is 2.65 bits per heavy atom. The summed E-state index contributed by atoms with van der Waals surface area (Å²) in [6.45, 7) is 4.27. The minimum atomic E-state index is -0.941. The van der Waals surface area contributed by atoms with Crippen molar-refractivity contribution >= 4 is 12.0 Å². The van der Waals surface area contributed by atoms with E-state index in [0.717, 1.165) is 41.7 Å². The molecule has 0 bridgehead atoms. The fourth-order valence-corrected chi connectivity index (χ4v) is 2.59. The molecule has 1 aromatic carbocycles. The van der Waals surface area contributed by atoms with Crippen molar-refractivity contribution in [3.05, 3.63) is 35.4 Å². The van der Waals surface area contributed by atoms with Gasteiger partial charge < -0.3 is 9.84 Å². The number of benzene rings is 1. The van der Waals surface area contributed by atoms with E-state index in [0.29, 0.717) is 0 Å². The Bertz CT molecular complexity index is 497. The van der Waals surface area contributed by atoms with Gasteiger partial charge in [0.2, 0.25) is 0 Å². The summed E-state index contributed by atoms with van der Waals surface area (Å²) >= 11 is 0. The third-order valence-corrected chi connectivity index (χ3v) is 3.83. The van der Waals surface area contributed by atoms with Crippen LogP contribution in [-0.4, -0.2) is 17.2 Å². The summed E-state index contributed by atoms with van der Waals surface area (Å²) in [7, 11) is 0. The molecule has 1 aromatic rings. The fourth-order valence-electron chi connectivity index (χ4n) is 2.59. The van der Waals surface area contributed by atoms with Crippen molar-refractivity contribution < 1.29 is 14.6 Å². The zero-order valence-corrected chi connectivity index (χ0v) is 12.1. The Morgan fingerprint density at radius 2 is 2.00 bits per heavy atom. The van der Waals surface area contributed by atoms with Crippen molar-refractivity contribution in [2.45, 2.75) is 45.6 Å². The van der Waals surface area contributed by atoms with E-state index in [9.17, 15) is 4.79 Å². The van der Waals surface area contributed by atoms with Gasteiger partial charge in [-0.1, -0.05) is 18.6 Å². The van der Waals surface area contributed by atoms with Crippen molar-refractivity contribution in [3.8, 4) is 5.75 Å². The molecular formula is C17H22O3. The first-order valence-electron chi connectivity index (χ1n) is 7.23. The van der Waals surface area contributed by atoms with Gasteiger partial charge in [-0.15, -0.1) is 0 Å². The second kappa shape index (κ2) is 6.60. The van der Waals surface area contributed by atoms with Gasteiger partial charge in [0.1, 0.15) is 5.75 Å². The molecule has 0 atom stereocenters. The molecule has 3 nitrogen and oxygen atoms in total. The smallest absolute Gasteiger partial charge is 0.328 e. The van der Waals surface area contributed by atoms with Crippen LogP contribution in [0.4, 0.5) is 0 Å². The van der Waals surface area contributed by atoms with Crippen LogP contribution in [0.2, 0.25) is 0 Å². The highest BCUT2D eigenvalue weighted by Crippen LogP contribution is 2.29. The van der Waals surface area contributed by atoms with Crippen LogP contribution in [0, 0.1) is 12.8 Å². The van der Waals surface area contributed by atoms with E-state index in [1.165, 1.54) is 12.8 Å². The molecule has 0 unspecified atom stereocenters. The first kappa shape index (κ1) is 14.6. The Hall–Kier alpha value is -1.77. The van der Waals surface area contributed by atoms with E-state index in [1.54, 1.807) is 6.08 Å². The first-order chi connectivity index (χ1) is 9.54. The lowest BCUT2D eigenvalue weighted by atomic mass is 9.89. The Labute approximate surface area is 120 Å². The second-order valence-electron chi connectivity index (χ2n) is 5.71. The van der Waals surface area contributed by atoms with Crippen molar-refractivity contribution in [1.29, 1.82) is 0 Å². The number of carbonyl (C=O) groups is 1. The van der Waals surface area contributed by atoms with Crippen LogP contribution in [0.15, 0.2) is 24.3 Å². The van der Waals surface area contributed by atoms with Gasteiger partial charge in [0, 0.05) is 11.6 Å². The maximum atomic E-state index is 10.7. The van der Waals surface area contributed by atoms with Gasteiger partial charge in [-0.3, -0.25) is 0 Å². The lowest BCUT2D eigenvalue weighted by Crippen LogP contribution is -2.23. The molecule has 20 heavy (non-hydrogen) atoms. The highest BCUT2D eigenvalue weighted by molar-refractivity contribution is 5.85. The van der Waals surface area contributed by atoms with E-state index in [2.05, 4.69) is 6.92 Å². The third kappa shape index (κ3) is 4.12. The monoisotopic (exact) mass is 274 g/mol. The summed E-state index contributed by atoms with van der Waals surface area (Å²) in [6, 6.07) is 5.90. The van der Waals surface area contributed by atoms with Crippen molar-refractivity contribution in [2.24, 2.45) is 5.92 Å². The summed E-state index contributed by atoms with van der Waals surface area (Å²) in [4.78, 5) is 10.7. The number of aliphatic carboxylic acids is 1. The molecule has 2 rings (SSSR count). The van der Waals surface area contributed by atoms with Gasteiger partial charge in [0.25, 0.3) is 0 Å². The number of rotatable bonds is 4. The molecule has 3 heteroatoms. The quantitative estimate of drug-likeness (QED) is 0.842. The molecular weight excluding hydrogens is 252 g/mol. The minimum absolute atomic E-state index is 0.255. The average molecular weight is 274 g/mol. The summed E-state index contributed by atoms with van der Waals surface area (Å²) in [5.74, 6) is 0.635. The number of aryl methyl sites for hydroxylation is 1. The van der Waals surface area contributed by atoms with Crippen molar-refractivity contribution in [3.63, 3.8) is 0 Å². The summed E-state index contributed by atoms with van der Waals surface area (Å²) in [6.07, 6.45) is 7.59. The number of carboxylic acids is 1. The predicted octanol–water partition coefficient (Wildman–Crippen LogP) is 4.05. The summed E-state index contributed by atoms with van der Waals surface area (Å²) in [5, 5.41) is 8.76. The fraction of sp³-hybridized carbons (Fsp3) is 0.471. The van der Waals surface area contributed by atoms with Gasteiger partial charge in [-0.25, -0.2) is 4.79 Å². The van der Waals surface area contributed by atoms with Gasteiger partial charge >= 0.3 is 5.97 Å². The van der Waals surface area contributed by atoms with E-state index in [4.69, 9.17) is 9.84 Å². The van der Waals surface area contributed by atoms with Crippen LogP contribution in [0.3, 0.4) is 0 Å². The standard InChI is InChI=1S/C17H22O3/c1-12-3-7-15(8-4-12)20-16-9-5-13(2)11-14(16)6-10-17(18)19/h5-6,9-12,15H,3-4,7-8H2,1-2H3,(H,18,19). The molecule has 108 valence electrons. The van der Waals surface area contributed by atoms with Crippen LogP contribution in [0.1, 0.15) is 43.7 Å². The second-order valence-corrected chi connectivity index (χ2v) is 5.71. The number of carboxylic acid groups (broad SMARTS) is 1. The van der Waals surface area contributed by atoms with Gasteiger partial charge in [0.05, 0.1) is 6.10 Å². The maximum Gasteiger partial charge on any atom is 0.328 e. The zero-order chi connectivity index (χ0) is 14.5. The van der Waals surface area contributed by atoms with Crippen LogP contribution >= 0.6 is 0 Å². The van der Waals surface area contributed by atoms with Crippen LogP contribution in [-0.2, 0) is 4.79 Å². The molecule has 0 aromatic heterocycles. The zero-order valence-electron chi connectivity index (χ0n) is 12.1. The van der Waals surface area contributed by atoms with E-state index >= 15 is 0 Å². The van der Waals surface area contributed by atoms with Gasteiger partial charge in [-0.05, 0) is 56.7 Å². The molecule has 1 aliphatic carbocycles. The number of ether oxygens (including phenoxy) is 1. The van der Waals surface area contributed by atoms with Crippen LogP contribution in [0.5, 0.6) is 5.75 Å². The van der Waals surface area contributed by atoms with Gasteiger partial charge in [0.15, 0.2) is 0 Å². The summed E-state index contributed by atoms with van der Waals surface area (Å²) < 4.78 is 6.08. The molecule has 0 heterocycles. The third-order valence-electron chi connectivity index (χ3n) is 3.83. The Balaban J connectivity index is 2.12. The summed E-state index contributed by atoms with van der Waals surface area (Å²) in [5.41, 5.74) is 1.94. The lowest BCUT2D eigenvalue weighted by molar-refractivity contribution is -0.131.